The number of benzene rings is 1. The largest absolute Gasteiger partial charge is 0.495 e. The predicted molar refractivity (Wildman–Crippen MR) is 218 cm³/mol. The van der Waals surface area contributed by atoms with Crippen molar-refractivity contribution in [2.45, 2.75) is 128 Å². The van der Waals surface area contributed by atoms with E-state index in [1.165, 1.54) is 71.3 Å². The fourth-order valence-electron chi connectivity index (χ4n) is 6.25. The summed E-state index contributed by atoms with van der Waals surface area (Å²) in [5.74, 6) is 1.75. The van der Waals surface area contributed by atoms with E-state index in [1.54, 1.807) is 6.08 Å². The van der Waals surface area contributed by atoms with Gasteiger partial charge in [0.25, 0.3) is 5.91 Å². The van der Waals surface area contributed by atoms with E-state index in [-0.39, 0.29) is 23.9 Å². The van der Waals surface area contributed by atoms with Gasteiger partial charge in [-0.3, -0.25) is 9.59 Å². The van der Waals surface area contributed by atoms with Crippen LogP contribution in [0.4, 0.5) is 0 Å². The number of nitrogens with zero attached hydrogens (tertiary/aromatic N) is 1. The number of aliphatic hydroxyl groups excluding tert-OH is 1. The number of nitrogens with one attached hydrogen (secondary N) is 2. The fraction of sp³-hybridized carbons (Fsp3) is 0.658. The molecule has 51 heavy (non-hydrogen) atoms. The minimum absolute atomic E-state index is 0.104. The molecule has 1 aromatic carbocycles. The summed E-state index contributed by atoms with van der Waals surface area (Å²) >= 11 is 14.0. The molecular weight excluding hydrogens is 914 g/mol. The van der Waals surface area contributed by atoms with Gasteiger partial charge in [0.05, 0.1) is 31.6 Å². The highest BCUT2D eigenvalue weighted by molar-refractivity contribution is 9.12. The third kappa shape index (κ3) is 14.4. The summed E-state index contributed by atoms with van der Waals surface area (Å²) < 4.78 is 13.9. The van der Waals surface area contributed by atoms with Crippen LogP contribution in [0.2, 0.25) is 0 Å². The quantitative estimate of drug-likeness (QED) is 0.0889. The molecule has 3 N–H and O–H groups in total. The van der Waals surface area contributed by atoms with Gasteiger partial charge in [0, 0.05) is 25.9 Å². The Morgan fingerprint density at radius 2 is 1.61 bits per heavy atom. The highest BCUT2D eigenvalue weighted by Gasteiger charge is 2.50. The third-order valence-electron chi connectivity index (χ3n) is 9.29. The molecular formula is C38H55Br4N3O6. The van der Waals surface area contributed by atoms with Gasteiger partial charge in [0.1, 0.15) is 23.3 Å². The number of halogens is 4. The molecule has 0 bridgehead atoms. The number of methoxy groups -OCH3 is 1. The molecule has 1 aromatic rings. The molecule has 3 rings (SSSR count). The van der Waals surface area contributed by atoms with E-state index in [9.17, 15) is 14.7 Å². The van der Waals surface area contributed by atoms with E-state index in [0.29, 0.717) is 59.4 Å². The van der Waals surface area contributed by atoms with Gasteiger partial charge in [-0.2, -0.15) is 0 Å². The first-order chi connectivity index (χ1) is 24.5. The van der Waals surface area contributed by atoms with Crippen LogP contribution in [0.25, 0.3) is 0 Å². The van der Waals surface area contributed by atoms with Crippen LogP contribution in [-0.2, 0) is 25.6 Å². The molecule has 3 atom stereocenters. The number of rotatable bonds is 24. The van der Waals surface area contributed by atoms with Crippen molar-refractivity contribution >= 4 is 81.2 Å². The molecule has 1 spiro atoms. The zero-order chi connectivity index (χ0) is 37.2. The normalized spacial score (nSPS) is 19.0. The first kappa shape index (κ1) is 44.0. The summed E-state index contributed by atoms with van der Waals surface area (Å²) in [7, 11) is 1.50. The summed E-state index contributed by atoms with van der Waals surface area (Å²) in [4.78, 5) is 30.7. The number of hydrogen-bond donors (Lipinski definition) is 3. The molecule has 1 unspecified atom stereocenters. The van der Waals surface area contributed by atoms with Gasteiger partial charge in [-0.25, -0.2) is 0 Å². The van der Waals surface area contributed by atoms with Gasteiger partial charge >= 0.3 is 0 Å². The number of amides is 2. The molecule has 1 aliphatic carbocycles. The lowest BCUT2D eigenvalue weighted by molar-refractivity contribution is -0.121. The second-order valence-corrected chi connectivity index (χ2v) is 17.0. The Morgan fingerprint density at radius 1 is 0.961 bits per heavy atom. The maximum atomic E-state index is 12.8. The Labute approximate surface area is 338 Å². The Bertz CT molecular complexity index is 1360. The SMILES string of the molecule is CCCCCCC(C)CCCCCCCCC(=O)NCCc1cc(Br)c(OCCCNC(=O)C2=NO[C@@]3(C=C(Br)C(OC)=C(Br)[C@H]3O)C2)c(Br)c1. The Morgan fingerprint density at radius 3 is 2.27 bits per heavy atom. The summed E-state index contributed by atoms with van der Waals surface area (Å²) in [6.45, 7) is 6.00. The number of ether oxygens (including phenoxy) is 2. The molecule has 1 heterocycles. The molecule has 0 radical (unpaired) electrons. The van der Waals surface area contributed by atoms with Crippen LogP contribution in [0, 0.1) is 5.92 Å². The van der Waals surface area contributed by atoms with Gasteiger partial charge in [-0.05, 0) is 113 Å². The molecule has 13 heteroatoms. The number of carbonyl (C=O) groups is 2. The van der Waals surface area contributed by atoms with Crippen LogP contribution in [0.1, 0.15) is 116 Å². The number of hydrogen-bond acceptors (Lipinski definition) is 7. The molecule has 2 aliphatic rings. The molecule has 0 saturated carbocycles. The Hall–Kier alpha value is -1.41. The van der Waals surface area contributed by atoms with Crippen molar-refractivity contribution in [3.63, 3.8) is 0 Å². The molecule has 0 saturated heterocycles. The number of unbranched alkanes of at least 4 members (excludes halogenated alkanes) is 8. The smallest absolute Gasteiger partial charge is 0.269 e. The topological polar surface area (TPSA) is 118 Å². The van der Waals surface area contributed by atoms with Gasteiger partial charge in [0.2, 0.25) is 5.91 Å². The Balaban J connectivity index is 1.25. The first-order valence-corrected chi connectivity index (χ1v) is 21.6. The molecule has 0 fully saturated rings. The van der Waals surface area contributed by atoms with Crippen LogP contribution in [0.5, 0.6) is 5.75 Å². The second-order valence-electron chi connectivity index (χ2n) is 13.6. The van der Waals surface area contributed by atoms with E-state index in [1.807, 2.05) is 12.1 Å². The fourth-order valence-corrected chi connectivity index (χ4v) is 9.55. The Kier molecular flexibility index (Phi) is 20.2. The second kappa shape index (κ2) is 23.4. The molecule has 0 aromatic heterocycles. The standard InChI is InChI=1S/C38H55Br4N3O6/c1-4-5-6-11-15-26(2)16-12-9-7-8-10-13-17-32(46)43-20-18-27-22-28(39)34(29(40)23-27)50-21-14-19-44-37(48)31-25-38(51-45-31)24-30(41)35(49-3)33(42)36(38)47/h22-24,26,36,47H,4-21,25H2,1-3H3,(H,43,46)(H,44,48)/t26?,36-,38+/m1/s1. The van der Waals surface area contributed by atoms with Crippen molar-refractivity contribution in [1.82, 2.24) is 10.6 Å². The molecule has 9 nitrogen and oxygen atoms in total. The minimum atomic E-state index is -1.20. The maximum absolute atomic E-state index is 12.8. The lowest BCUT2D eigenvalue weighted by Gasteiger charge is -2.33. The lowest BCUT2D eigenvalue weighted by atomic mass is 9.87. The van der Waals surface area contributed by atoms with Crippen molar-refractivity contribution in [3.05, 3.63) is 47.4 Å². The van der Waals surface area contributed by atoms with E-state index < -0.39 is 11.7 Å². The van der Waals surface area contributed by atoms with Crippen molar-refractivity contribution in [2.75, 3.05) is 26.8 Å². The van der Waals surface area contributed by atoms with E-state index in [0.717, 1.165) is 33.3 Å². The van der Waals surface area contributed by atoms with Crippen LogP contribution < -0.4 is 15.4 Å². The van der Waals surface area contributed by atoms with Gasteiger partial charge < -0.3 is 30.1 Å². The zero-order valence-corrected chi connectivity index (χ0v) is 36.6. The summed E-state index contributed by atoms with van der Waals surface area (Å²) in [6, 6.07) is 4.01. The number of oxime groups is 1. The average Bonchev–Trinajstić information content (AvgIpc) is 3.52. The van der Waals surface area contributed by atoms with Gasteiger partial charge in [-0.15, -0.1) is 0 Å². The predicted octanol–water partition coefficient (Wildman–Crippen LogP) is 9.90. The molecule has 1 aliphatic heterocycles. The third-order valence-corrected chi connectivity index (χ3v) is 11.9. The summed E-state index contributed by atoms with van der Waals surface area (Å²) in [5, 5.41) is 20.7. The number of allylic oxidation sites excluding steroid dienone is 1. The summed E-state index contributed by atoms with van der Waals surface area (Å²) in [6.07, 6.45) is 17.9. The highest BCUT2D eigenvalue weighted by Crippen LogP contribution is 2.44. The van der Waals surface area contributed by atoms with E-state index in [2.05, 4.69) is 93.4 Å². The molecule has 2 amide bonds. The van der Waals surface area contributed by atoms with Crippen molar-refractivity contribution in [2.24, 2.45) is 11.1 Å². The van der Waals surface area contributed by atoms with Crippen molar-refractivity contribution in [1.29, 1.82) is 0 Å². The van der Waals surface area contributed by atoms with E-state index >= 15 is 0 Å². The van der Waals surface area contributed by atoms with Crippen LogP contribution >= 0.6 is 63.7 Å². The van der Waals surface area contributed by atoms with Gasteiger partial charge in [0.15, 0.2) is 5.60 Å². The van der Waals surface area contributed by atoms with Gasteiger partial charge in [-0.1, -0.05) is 89.6 Å². The zero-order valence-electron chi connectivity index (χ0n) is 30.3. The average molecular weight is 969 g/mol. The van der Waals surface area contributed by atoms with Crippen molar-refractivity contribution in [3.8, 4) is 5.75 Å². The maximum Gasteiger partial charge on any atom is 0.269 e. The summed E-state index contributed by atoms with van der Waals surface area (Å²) in [5.41, 5.74) is 0.0722. The van der Waals surface area contributed by atoms with E-state index in [4.69, 9.17) is 14.3 Å². The number of aliphatic hydroxyl groups is 1. The van der Waals surface area contributed by atoms with Crippen LogP contribution in [0.3, 0.4) is 0 Å². The molecule has 286 valence electrons. The van der Waals surface area contributed by atoms with Crippen LogP contribution in [0.15, 0.2) is 47.0 Å². The number of carbonyl (C=O) groups excluding carboxylic acids is 2. The monoisotopic (exact) mass is 965 g/mol. The first-order valence-electron chi connectivity index (χ1n) is 18.4. The lowest BCUT2D eigenvalue weighted by Crippen LogP contribution is -2.45. The highest BCUT2D eigenvalue weighted by atomic mass is 79.9. The van der Waals surface area contributed by atoms with Crippen molar-refractivity contribution < 1.29 is 29.0 Å². The minimum Gasteiger partial charge on any atom is -0.495 e. The van der Waals surface area contributed by atoms with Crippen LogP contribution in [-0.4, -0.2) is 61.1 Å².